The zero-order valence-corrected chi connectivity index (χ0v) is 12.0. The summed E-state index contributed by atoms with van der Waals surface area (Å²) >= 11 is 0. The van der Waals surface area contributed by atoms with Crippen molar-refractivity contribution in [3.05, 3.63) is 35.9 Å². The third kappa shape index (κ3) is 3.81. The topological polar surface area (TPSA) is 64.4 Å². The fraction of sp³-hybridized carbons (Fsp3) is 0.562. The van der Waals surface area contributed by atoms with E-state index in [-0.39, 0.29) is 18.1 Å². The first-order valence-corrected chi connectivity index (χ1v) is 7.42. The van der Waals surface area contributed by atoms with Crippen LogP contribution in [0.3, 0.4) is 0 Å². The fourth-order valence-electron chi connectivity index (χ4n) is 2.63. The summed E-state index contributed by atoms with van der Waals surface area (Å²) in [5, 5.41) is 3.01. The van der Waals surface area contributed by atoms with Gasteiger partial charge in [0.2, 0.25) is 5.91 Å². The third-order valence-electron chi connectivity index (χ3n) is 3.95. The second-order valence-electron chi connectivity index (χ2n) is 5.32. The molecule has 0 bridgehead atoms. The maximum atomic E-state index is 12.1. The first-order chi connectivity index (χ1) is 9.74. The van der Waals surface area contributed by atoms with E-state index in [9.17, 15) is 4.79 Å². The van der Waals surface area contributed by atoms with Gasteiger partial charge in [-0.2, -0.15) is 0 Å². The molecule has 110 valence electrons. The summed E-state index contributed by atoms with van der Waals surface area (Å²) in [6, 6.07) is 10.3. The van der Waals surface area contributed by atoms with Crippen molar-refractivity contribution in [3.8, 4) is 0 Å². The predicted molar refractivity (Wildman–Crippen MR) is 79.4 cm³/mol. The Kier molecular flexibility index (Phi) is 5.56. The fourth-order valence-corrected chi connectivity index (χ4v) is 2.63. The van der Waals surface area contributed by atoms with E-state index in [2.05, 4.69) is 24.4 Å². The molecule has 0 aromatic heterocycles. The van der Waals surface area contributed by atoms with Crippen LogP contribution in [0.2, 0.25) is 0 Å². The SMILES string of the molecule is CCC(CNC(=O)[C@@H]1CC[C@H](CN)O1)c1ccccc1. The highest BCUT2D eigenvalue weighted by Gasteiger charge is 2.29. The molecule has 1 unspecified atom stereocenters. The van der Waals surface area contributed by atoms with E-state index in [1.807, 2.05) is 18.2 Å². The van der Waals surface area contributed by atoms with Crippen LogP contribution in [0.25, 0.3) is 0 Å². The molecule has 0 radical (unpaired) electrons. The summed E-state index contributed by atoms with van der Waals surface area (Å²) in [5.74, 6) is 0.349. The number of hydrogen-bond donors (Lipinski definition) is 2. The van der Waals surface area contributed by atoms with E-state index in [1.165, 1.54) is 5.56 Å². The lowest BCUT2D eigenvalue weighted by molar-refractivity contribution is -0.131. The highest BCUT2D eigenvalue weighted by molar-refractivity contribution is 5.81. The molecule has 2 rings (SSSR count). The zero-order chi connectivity index (χ0) is 14.4. The van der Waals surface area contributed by atoms with Gasteiger partial charge in [-0.3, -0.25) is 4.79 Å². The van der Waals surface area contributed by atoms with Crippen molar-refractivity contribution >= 4 is 5.91 Å². The molecular formula is C16H24N2O2. The van der Waals surface area contributed by atoms with Gasteiger partial charge in [0.15, 0.2) is 0 Å². The molecule has 4 nitrogen and oxygen atoms in total. The third-order valence-corrected chi connectivity index (χ3v) is 3.95. The Hall–Kier alpha value is -1.39. The van der Waals surface area contributed by atoms with Crippen molar-refractivity contribution in [2.24, 2.45) is 5.73 Å². The molecular weight excluding hydrogens is 252 g/mol. The van der Waals surface area contributed by atoms with Crippen molar-refractivity contribution in [2.45, 2.75) is 44.3 Å². The largest absolute Gasteiger partial charge is 0.364 e. The maximum Gasteiger partial charge on any atom is 0.249 e. The van der Waals surface area contributed by atoms with Crippen LogP contribution < -0.4 is 11.1 Å². The number of carbonyl (C=O) groups is 1. The van der Waals surface area contributed by atoms with Gasteiger partial charge in [0.1, 0.15) is 6.10 Å². The quantitative estimate of drug-likeness (QED) is 0.832. The van der Waals surface area contributed by atoms with E-state index in [0.29, 0.717) is 19.0 Å². The van der Waals surface area contributed by atoms with Crippen LogP contribution in [-0.2, 0) is 9.53 Å². The van der Waals surface area contributed by atoms with E-state index in [4.69, 9.17) is 10.5 Å². The number of ether oxygens (including phenoxy) is 1. The van der Waals surface area contributed by atoms with Crippen molar-refractivity contribution < 1.29 is 9.53 Å². The van der Waals surface area contributed by atoms with Gasteiger partial charge in [0.25, 0.3) is 0 Å². The second kappa shape index (κ2) is 7.41. The van der Waals surface area contributed by atoms with Gasteiger partial charge in [-0.25, -0.2) is 0 Å². The molecule has 20 heavy (non-hydrogen) atoms. The van der Waals surface area contributed by atoms with Crippen LogP contribution in [0.1, 0.15) is 37.7 Å². The molecule has 0 spiro atoms. The van der Waals surface area contributed by atoms with Gasteiger partial charge < -0.3 is 15.8 Å². The Labute approximate surface area is 120 Å². The zero-order valence-electron chi connectivity index (χ0n) is 12.0. The average molecular weight is 276 g/mol. The number of benzene rings is 1. The molecule has 0 saturated carbocycles. The summed E-state index contributed by atoms with van der Waals surface area (Å²) in [4.78, 5) is 12.1. The lowest BCUT2D eigenvalue weighted by Gasteiger charge is -2.18. The minimum absolute atomic E-state index is 0.00432. The lowest BCUT2D eigenvalue weighted by atomic mass is 9.96. The molecule has 1 heterocycles. The van der Waals surface area contributed by atoms with Gasteiger partial charge in [-0.1, -0.05) is 37.3 Å². The predicted octanol–water partition coefficient (Wildman–Crippen LogP) is 1.80. The standard InChI is InChI=1S/C16H24N2O2/c1-2-12(13-6-4-3-5-7-13)11-18-16(19)15-9-8-14(10-17)20-15/h3-7,12,14-15H,2,8-11,17H2,1H3,(H,18,19)/t12?,14-,15+/m1/s1. The number of hydrogen-bond acceptors (Lipinski definition) is 3. The number of carbonyl (C=O) groups excluding carboxylic acids is 1. The normalized spacial score (nSPS) is 23.5. The minimum Gasteiger partial charge on any atom is -0.364 e. The summed E-state index contributed by atoms with van der Waals surface area (Å²) in [5.41, 5.74) is 6.83. The molecule has 1 amide bonds. The van der Waals surface area contributed by atoms with Crippen molar-refractivity contribution in [2.75, 3.05) is 13.1 Å². The molecule has 1 fully saturated rings. The van der Waals surface area contributed by atoms with Crippen LogP contribution in [0.15, 0.2) is 30.3 Å². The molecule has 1 aliphatic rings. The Morgan fingerprint density at radius 3 is 2.75 bits per heavy atom. The van der Waals surface area contributed by atoms with E-state index < -0.39 is 0 Å². The van der Waals surface area contributed by atoms with E-state index in [0.717, 1.165) is 19.3 Å². The van der Waals surface area contributed by atoms with Crippen LogP contribution in [-0.4, -0.2) is 31.2 Å². The molecule has 0 aliphatic carbocycles. The lowest BCUT2D eigenvalue weighted by Crippen LogP contribution is -2.37. The highest BCUT2D eigenvalue weighted by atomic mass is 16.5. The summed E-state index contributed by atoms with van der Waals surface area (Å²) in [7, 11) is 0. The highest BCUT2D eigenvalue weighted by Crippen LogP contribution is 2.20. The molecule has 1 aromatic rings. The van der Waals surface area contributed by atoms with Crippen LogP contribution >= 0.6 is 0 Å². The van der Waals surface area contributed by atoms with Crippen molar-refractivity contribution in [3.63, 3.8) is 0 Å². The molecule has 3 N–H and O–H groups in total. The van der Waals surface area contributed by atoms with Gasteiger partial charge in [-0.05, 0) is 24.8 Å². The number of nitrogens with one attached hydrogen (secondary N) is 1. The van der Waals surface area contributed by atoms with Gasteiger partial charge in [-0.15, -0.1) is 0 Å². The van der Waals surface area contributed by atoms with Gasteiger partial charge in [0, 0.05) is 19.0 Å². The summed E-state index contributed by atoms with van der Waals surface area (Å²) in [6.07, 6.45) is 2.38. The minimum atomic E-state index is -0.322. The molecule has 1 aromatic carbocycles. The smallest absolute Gasteiger partial charge is 0.249 e. The Balaban J connectivity index is 1.83. The second-order valence-corrected chi connectivity index (χ2v) is 5.32. The van der Waals surface area contributed by atoms with E-state index in [1.54, 1.807) is 0 Å². The van der Waals surface area contributed by atoms with E-state index >= 15 is 0 Å². The first kappa shape index (κ1) is 15.0. The number of rotatable bonds is 6. The first-order valence-electron chi connectivity index (χ1n) is 7.42. The summed E-state index contributed by atoms with van der Waals surface area (Å²) < 4.78 is 5.61. The van der Waals surface area contributed by atoms with Crippen molar-refractivity contribution in [1.82, 2.24) is 5.32 Å². The molecule has 3 atom stereocenters. The molecule has 4 heteroatoms. The van der Waals surface area contributed by atoms with Gasteiger partial charge >= 0.3 is 0 Å². The molecule has 1 saturated heterocycles. The monoisotopic (exact) mass is 276 g/mol. The summed E-state index contributed by atoms with van der Waals surface area (Å²) in [6.45, 7) is 3.29. The molecule has 1 aliphatic heterocycles. The maximum absolute atomic E-state index is 12.1. The number of amides is 1. The van der Waals surface area contributed by atoms with Crippen LogP contribution in [0, 0.1) is 0 Å². The van der Waals surface area contributed by atoms with Crippen LogP contribution in [0.5, 0.6) is 0 Å². The average Bonchev–Trinajstić information content (AvgIpc) is 2.98. The van der Waals surface area contributed by atoms with Gasteiger partial charge in [0.05, 0.1) is 6.10 Å². The van der Waals surface area contributed by atoms with Crippen molar-refractivity contribution in [1.29, 1.82) is 0 Å². The number of nitrogens with two attached hydrogens (primary N) is 1. The Morgan fingerprint density at radius 1 is 1.40 bits per heavy atom. The Morgan fingerprint density at radius 2 is 2.15 bits per heavy atom. The van der Waals surface area contributed by atoms with Crippen LogP contribution in [0.4, 0.5) is 0 Å². The Bertz CT molecular complexity index is 422.